The van der Waals surface area contributed by atoms with Crippen molar-refractivity contribution < 1.29 is 0 Å². The first-order valence-electron chi connectivity index (χ1n) is 9.66. The number of aromatic nitrogens is 3. The van der Waals surface area contributed by atoms with E-state index in [0.717, 1.165) is 53.5 Å². The lowest BCUT2D eigenvalue weighted by Gasteiger charge is -2.22. The van der Waals surface area contributed by atoms with Gasteiger partial charge in [-0.05, 0) is 25.3 Å². The van der Waals surface area contributed by atoms with Gasteiger partial charge in [-0.3, -0.25) is 0 Å². The molecular formula is C22H25N5S. The summed E-state index contributed by atoms with van der Waals surface area (Å²) in [6.07, 6.45) is 3.88. The van der Waals surface area contributed by atoms with Crippen LogP contribution < -0.4 is 4.90 Å². The molecule has 1 aromatic carbocycles. The van der Waals surface area contributed by atoms with Crippen LogP contribution in [0.1, 0.15) is 48.9 Å². The maximum Gasteiger partial charge on any atom is 0.225 e. The molecule has 0 N–H and O–H groups in total. The van der Waals surface area contributed by atoms with Crippen molar-refractivity contribution >= 4 is 17.3 Å². The van der Waals surface area contributed by atoms with Crippen LogP contribution in [0.25, 0.3) is 11.3 Å². The van der Waals surface area contributed by atoms with Crippen molar-refractivity contribution in [1.29, 1.82) is 5.26 Å². The monoisotopic (exact) mass is 391 g/mol. The van der Waals surface area contributed by atoms with E-state index in [1.165, 1.54) is 11.3 Å². The first-order valence-corrected chi connectivity index (χ1v) is 10.5. The van der Waals surface area contributed by atoms with E-state index in [4.69, 9.17) is 9.97 Å². The van der Waals surface area contributed by atoms with Crippen LogP contribution in [0, 0.1) is 18.3 Å². The average Bonchev–Trinajstić information content (AvgIpc) is 3.20. The molecule has 1 unspecified atom stereocenters. The molecule has 2 heterocycles. The molecular weight excluding hydrogens is 366 g/mol. The van der Waals surface area contributed by atoms with Crippen LogP contribution in [0.3, 0.4) is 0 Å². The number of nitriles is 1. The van der Waals surface area contributed by atoms with Crippen LogP contribution in [0.4, 0.5) is 5.95 Å². The number of hydrogen-bond acceptors (Lipinski definition) is 6. The lowest BCUT2D eigenvalue weighted by Crippen LogP contribution is -2.27. The molecule has 0 saturated heterocycles. The fraction of sp³-hybridized carbons (Fsp3) is 0.364. The molecule has 2 aromatic heterocycles. The Morgan fingerprint density at radius 2 is 1.82 bits per heavy atom. The van der Waals surface area contributed by atoms with Crippen LogP contribution in [0.5, 0.6) is 0 Å². The van der Waals surface area contributed by atoms with E-state index in [0.29, 0.717) is 5.95 Å². The topological polar surface area (TPSA) is 65.7 Å². The number of benzene rings is 1. The van der Waals surface area contributed by atoms with Crippen LogP contribution in [-0.4, -0.2) is 28.0 Å². The van der Waals surface area contributed by atoms with Crippen LogP contribution in [-0.2, 0) is 0 Å². The summed E-state index contributed by atoms with van der Waals surface area (Å²) in [5.74, 6) is 0.207. The van der Waals surface area contributed by atoms with E-state index in [1.807, 2.05) is 48.8 Å². The summed E-state index contributed by atoms with van der Waals surface area (Å²) >= 11 is 1.51. The summed E-state index contributed by atoms with van der Waals surface area (Å²) in [6.45, 7) is 8.07. The van der Waals surface area contributed by atoms with Gasteiger partial charge in [0.1, 0.15) is 10.9 Å². The summed E-state index contributed by atoms with van der Waals surface area (Å²) in [6, 6.07) is 12.4. The van der Waals surface area contributed by atoms with E-state index in [-0.39, 0.29) is 0 Å². The Morgan fingerprint density at radius 1 is 1.11 bits per heavy atom. The van der Waals surface area contributed by atoms with Crippen LogP contribution in [0.15, 0.2) is 41.9 Å². The fourth-order valence-electron chi connectivity index (χ4n) is 3.14. The second-order valence-electron chi connectivity index (χ2n) is 6.72. The van der Waals surface area contributed by atoms with E-state index in [2.05, 4.69) is 29.8 Å². The SMILES string of the molecule is CCCN(CCC)c1ncc(C)c(C(C#N)c2nc(-c3ccccc3)cs2)n1. The minimum Gasteiger partial charge on any atom is -0.341 e. The maximum absolute atomic E-state index is 9.92. The van der Waals surface area contributed by atoms with Gasteiger partial charge in [0.05, 0.1) is 17.5 Å². The average molecular weight is 392 g/mol. The third-order valence-electron chi connectivity index (χ3n) is 4.51. The van der Waals surface area contributed by atoms with Gasteiger partial charge in [-0.25, -0.2) is 15.0 Å². The van der Waals surface area contributed by atoms with Gasteiger partial charge in [0.25, 0.3) is 0 Å². The molecule has 3 rings (SSSR count). The number of anilines is 1. The van der Waals surface area contributed by atoms with Crippen molar-refractivity contribution in [2.75, 3.05) is 18.0 Å². The lowest BCUT2D eigenvalue weighted by atomic mass is 10.0. The Labute approximate surface area is 170 Å². The number of aryl methyl sites for hydroxylation is 1. The summed E-state index contributed by atoms with van der Waals surface area (Å²) in [4.78, 5) is 16.3. The highest BCUT2D eigenvalue weighted by Gasteiger charge is 2.23. The fourth-order valence-corrected chi connectivity index (χ4v) is 4.01. The van der Waals surface area contributed by atoms with Crippen molar-refractivity contribution in [3.8, 4) is 17.3 Å². The van der Waals surface area contributed by atoms with E-state index >= 15 is 0 Å². The molecule has 1 atom stereocenters. The zero-order chi connectivity index (χ0) is 19.9. The molecule has 28 heavy (non-hydrogen) atoms. The maximum atomic E-state index is 9.92. The Kier molecular flexibility index (Phi) is 6.72. The highest BCUT2D eigenvalue weighted by molar-refractivity contribution is 7.10. The van der Waals surface area contributed by atoms with E-state index in [9.17, 15) is 5.26 Å². The molecule has 0 fully saturated rings. The third-order valence-corrected chi connectivity index (χ3v) is 5.42. The molecule has 3 aromatic rings. The van der Waals surface area contributed by atoms with E-state index in [1.54, 1.807) is 0 Å². The molecule has 6 heteroatoms. The Morgan fingerprint density at radius 3 is 2.46 bits per heavy atom. The van der Waals surface area contributed by atoms with Crippen molar-refractivity contribution in [2.24, 2.45) is 0 Å². The van der Waals surface area contributed by atoms with Gasteiger partial charge in [0.2, 0.25) is 5.95 Å². The van der Waals surface area contributed by atoms with E-state index < -0.39 is 5.92 Å². The summed E-state index contributed by atoms with van der Waals surface area (Å²) in [7, 11) is 0. The summed E-state index contributed by atoms with van der Waals surface area (Å²) < 4.78 is 0. The smallest absolute Gasteiger partial charge is 0.225 e. The lowest BCUT2D eigenvalue weighted by molar-refractivity contribution is 0.714. The second-order valence-corrected chi connectivity index (χ2v) is 7.61. The number of hydrogen-bond donors (Lipinski definition) is 0. The molecule has 144 valence electrons. The predicted molar refractivity (Wildman–Crippen MR) is 115 cm³/mol. The minimum atomic E-state index is -0.491. The van der Waals surface area contributed by atoms with Gasteiger partial charge in [0.15, 0.2) is 0 Å². The van der Waals surface area contributed by atoms with Gasteiger partial charge < -0.3 is 4.90 Å². The summed E-state index contributed by atoms with van der Waals surface area (Å²) in [5, 5.41) is 12.7. The van der Waals surface area contributed by atoms with Gasteiger partial charge in [-0.1, -0.05) is 44.2 Å². The third kappa shape index (κ3) is 4.37. The highest BCUT2D eigenvalue weighted by Crippen LogP contribution is 2.31. The molecule has 0 amide bonds. The molecule has 0 aliphatic heterocycles. The first-order chi connectivity index (χ1) is 13.7. The van der Waals surface area contributed by atoms with Gasteiger partial charge in [-0.2, -0.15) is 5.26 Å². The molecule has 0 radical (unpaired) electrons. The number of thiazole rings is 1. The molecule has 0 aliphatic carbocycles. The first kappa shape index (κ1) is 20.0. The van der Waals surface area contributed by atoms with Crippen molar-refractivity contribution in [3.05, 3.63) is 58.2 Å². The van der Waals surface area contributed by atoms with Crippen LogP contribution in [0.2, 0.25) is 0 Å². The Balaban J connectivity index is 1.96. The zero-order valence-electron chi connectivity index (χ0n) is 16.6. The van der Waals surface area contributed by atoms with Gasteiger partial charge in [0, 0.05) is 30.2 Å². The molecule has 0 aliphatic rings. The number of nitrogens with zero attached hydrogens (tertiary/aromatic N) is 5. The Bertz CT molecular complexity index is 939. The molecule has 0 spiro atoms. The normalized spacial score (nSPS) is 11.8. The molecule has 5 nitrogen and oxygen atoms in total. The van der Waals surface area contributed by atoms with Crippen LogP contribution >= 0.6 is 11.3 Å². The van der Waals surface area contributed by atoms with Gasteiger partial charge in [-0.15, -0.1) is 11.3 Å². The van der Waals surface area contributed by atoms with Gasteiger partial charge >= 0.3 is 0 Å². The number of rotatable bonds is 8. The second kappa shape index (κ2) is 9.43. The zero-order valence-corrected chi connectivity index (χ0v) is 17.4. The molecule has 0 bridgehead atoms. The largest absolute Gasteiger partial charge is 0.341 e. The molecule has 0 saturated carbocycles. The summed E-state index contributed by atoms with van der Waals surface area (Å²) in [5.41, 5.74) is 3.61. The highest BCUT2D eigenvalue weighted by atomic mass is 32.1. The Hall–Kier alpha value is -2.78. The van der Waals surface area contributed by atoms with Crippen molar-refractivity contribution in [2.45, 2.75) is 39.5 Å². The minimum absolute atomic E-state index is 0.491. The quantitative estimate of drug-likeness (QED) is 0.529. The predicted octanol–water partition coefficient (Wildman–Crippen LogP) is 5.19. The van der Waals surface area contributed by atoms with Crippen molar-refractivity contribution in [3.63, 3.8) is 0 Å². The standard InChI is InChI=1S/C22H25N5S/c1-4-11-27(12-5-2)22-24-14-16(3)20(26-22)18(13-23)21-25-19(15-28-21)17-9-7-6-8-10-17/h6-10,14-15,18H,4-5,11-12H2,1-3H3. The van der Waals surface area contributed by atoms with Crippen molar-refractivity contribution in [1.82, 2.24) is 15.0 Å².